The Hall–Kier alpha value is -4.26. The lowest BCUT2D eigenvalue weighted by molar-refractivity contribution is 0.264. The van der Waals surface area contributed by atoms with Gasteiger partial charge < -0.3 is 14.1 Å². The lowest BCUT2D eigenvalue weighted by atomic mass is 10.1. The van der Waals surface area contributed by atoms with E-state index >= 15 is 0 Å². The lowest BCUT2D eigenvalue weighted by Gasteiger charge is -2.03. The van der Waals surface area contributed by atoms with Gasteiger partial charge in [0, 0.05) is 10.8 Å². The number of fused-ring (bicyclic) bond motifs is 2. The fourth-order valence-electron chi connectivity index (χ4n) is 3.56. The van der Waals surface area contributed by atoms with Crippen LogP contribution in [0, 0.1) is 6.92 Å². The summed E-state index contributed by atoms with van der Waals surface area (Å²) in [6.07, 6.45) is 0. The second-order valence-electron chi connectivity index (χ2n) is 7.17. The van der Waals surface area contributed by atoms with E-state index in [0.717, 1.165) is 5.56 Å². The summed E-state index contributed by atoms with van der Waals surface area (Å²) >= 11 is 0. The van der Waals surface area contributed by atoms with Crippen LogP contribution in [0.3, 0.4) is 0 Å². The standard InChI is InChI=1S/C24H17N3O4/c1-14-11-18-21(25-23(29)17-10-6-5-9-16(17)22(18)28)19(12-14)24-27-26-20(31-24)13-30-15-7-3-2-4-8-15/h2-12H,13H2,1H3,(H,25,29). The molecule has 0 bridgehead atoms. The molecule has 7 nitrogen and oxygen atoms in total. The molecule has 0 aliphatic heterocycles. The Balaban J connectivity index is 1.65. The minimum Gasteiger partial charge on any atom is -0.484 e. The van der Waals surface area contributed by atoms with Crippen molar-refractivity contribution in [2.75, 3.05) is 0 Å². The van der Waals surface area contributed by atoms with Gasteiger partial charge in [-0.2, -0.15) is 0 Å². The Morgan fingerprint density at radius 1 is 0.903 bits per heavy atom. The first-order valence-electron chi connectivity index (χ1n) is 9.70. The fraction of sp³-hybridized carbons (Fsp3) is 0.0833. The number of aromatic amines is 1. The van der Waals surface area contributed by atoms with Crippen molar-refractivity contribution in [2.45, 2.75) is 13.5 Å². The predicted octanol–water partition coefficient (Wildman–Crippen LogP) is 3.98. The van der Waals surface area contributed by atoms with Crippen molar-refractivity contribution in [2.24, 2.45) is 0 Å². The van der Waals surface area contributed by atoms with Crippen molar-refractivity contribution in [3.63, 3.8) is 0 Å². The molecule has 0 saturated heterocycles. The van der Waals surface area contributed by atoms with Crippen LogP contribution in [0.15, 0.2) is 80.7 Å². The van der Waals surface area contributed by atoms with Crippen molar-refractivity contribution in [1.82, 2.24) is 15.2 Å². The van der Waals surface area contributed by atoms with Gasteiger partial charge in [-0.15, -0.1) is 10.2 Å². The summed E-state index contributed by atoms with van der Waals surface area (Å²) in [5, 5.41) is 9.24. The van der Waals surface area contributed by atoms with Crippen LogP contribution in [0.5, 0.6) is 5.75 Å². The molecule has 0 aliphatic carbocycles. The van der Waals surface area contributed by atoms with Gasteiger partial charge in [0.1, 0.15) is 5.75 Å². The average Bonchev–Trinajstić information content (AvgIpc) is 3.24. The maximum atomic E-state index is 13.2. The number of nitrogens with zero attached hydrogens (tertiary/aromatic N) is 2. The van der Waals surface area contributed by atoms with Crippen molar-refractivity contribution in [3.05, 3.63) is 98.8 Å². The van der Waals surface area contributed by atoms with Crippen molar-refractivity contribution >= 4 is 21.7 Å². The molecule has 2 aromatic heterocycles. The SMILES string of the molecule is Cc1cc(-c2nnc(COc3ccccc3)o2)c2[nH]c(=O)c3ccccc3c(=O)c2c1. The van der Waals surface area contributed by atoms with Crippen molar-refractivity contribution in [1.29, 1.82) is 0 Å². The second-order valence-corrected chi connectivity index (χ2v) is 7.17. The second kappa shape index (κ2) is 7.53. The van der Waals surface area contributed by atoms with E-state index in [9.17, 15) is 9.59 Å². The van der Waals surface area contributed by atoms with Gasteiger partial charge in [-0.3, -0.25) is 9.59 Å². The third-order valence-corrected chi connectivity index (χ3v) is 4.98. The topological polar surface area (TPSA) is 98.1 Å². The molecule has 5 aromatic rings. The van der Waals surface area contributed by atoms with Gasteiger partial charge in [0.15, 0.2) is 12.0 Å². The number of ether oxygens (including phenoxy) is 1. The lowest BCUT2D eigenvalue weighted by Crippen LogP contribution is -2.02. The minimum atomic E-state index is -0.361. The number of aryl methyl sites for hydroxylation is 1. The maximum Gasteiger partial charge on any atom is 0.256 e. The Bertz CT molecular complexity index is 1540. The Kier molecular flexibility index (Phi) is 4.55. The minimum absolute atomic E-state index is 0.0990. The van der Waals surface area contributed by atoms with Crippen LogP contribution in [0.4, 0.5) is 0 Å². The summed E-state index contributed by atoms with van der Waals surface area (Å²) in [5.41, 5.74) is 1.08. The van der Waals surface area contributed by atoms with E-state index < -0.39 is 0 Å². The summed E-state index contributed by atoms with van der Waals surface area (Å²) in [6.45, 7) is 1.97. The number of H-pyrrole nitrogens is 1. The van der Waals surface area contributed by atoms with Gasteiger partial charge in [-0.05, 0) is 42.8 Å². The van der Waals surface area contributed by atoms with E-state index in [1.807, 2.05) is 37.3 Å². The van der Waals surface area contributed by atoms with E-state index in [2.05, 4.69) is 15.2 Å². The summed E-state index contributed by atoms with van der Waals surface area (Å²) in [7, 11) is 0. The molecular formula is C24H17N3O4. The third-order valence-electron chi connectivity index (χ3n) is 4.98. The zero-order chi connectivity index (χ0) is 21.4. The molecule has 0 aliphatic rings. The number of hydrogen-bond acceptors (Lipinski definition) is 6. The molecule has 0 radical (unpaired) electrons. The molecular weight excluding hydrogens is 394 g/mol. The molecule has 0 unspecified atom stereocenters. The molecule has 5 rings (SSSR count). The largest absolute Gasteiger partial charge is 0.484 e. The van der Waals surface area contributed by atoms with E-state index in [4.69, 9.17) is 9.15 Å². The summed E-state index contributed by atoms with van der Waals surface area (Å²) in [4.78, 5) is 28.8. The molecule has 1 N–H and O–H groups in total. The highest BCUT2D eigenvalue weighted by atomic mass is 16.5. The number of benzene rings is 3. The molecule has 0 amide bonds. The Morgan fingerprint density at radius 3 is 2.45 bits per heavy atom. The molecule has 0 fully saturated rings. The van der Waals surface area contributed by atoms with E-state index in [1.165, 1.54) is 0 Å². The highest BCUT2D eigenvalue weighted by molar-refractivity contribution is 5.96. The van der Waals surface area contributed by atoms with Crippen LogP contribution < -0.4 is 15.7 Å². The van der Waals surface area contributed by atoms with Gasteiger partial charge in [0.2, 0.25) is 5.89 Å². The normalized spacial score (nSPS) is 11.1. The smallest absolute Gasteiger partial charge is 0.256 e. The van der Waals surface area contributed by atoms with E-state index in [-0.39, 0.29) is 29.4 Å². The monoisotopic (exact) mass is 411 g/mol. The summed E-state index contributed by atoms with van der Waals surface area (Å²) in [5.74, 6) is 1.16. The molecule has 152 valence electrons. The first-order chi connectivity index (χ1) is 15.1. The van der Waals surface area contributed by atoms with Crippen LogP contribution in [0.2, 0.25) is 0 Å². The van der Waals surface area contributed by atoms with Crippen molar-refractivity contribution < 1.29 is 9.15 Å². The van der Waals surface area contributed by atoms with Crippen LogP contribution in [0.1, 0.15) is 11.5 Å². The van der Waals surface area contributed by atoms with Crippen molar-refractivity contribution in [3.8, 4) is 17.2 Å². The highest BCUT2D eigenvalue weighted by Gasteiger charge is 2.16. The highest BCUT2D eigenvalue weighted by Crippen LogP contribution is 2.27. The average molecular weight is 411 g/mol. The predicted molar refractivity (Wildman–Crippen MR) is 117 cm³/mol. The first-order valence-corrected chi connectivity index (χ1v) is 9.70. The molecule has 0 saturated carbocycles. The van der Waals surface area contributed by atoms with E-state index in [1.54, 1.807) is 36.4 Å². The zero-order valence-corrected chi connectivity index (χ0v) is 16.6. The Morgan fingerprint density at radius 2 is 1.65 bits per heavy atom. The number of nitrogens with one attached hydrogen (secondary N) is 1. The van der Waals surface area contributed by atoms with Crippen LogP contribution >= 0.6 is 0 Å². The van der Waals surface area contributed by atoms with Gasteiger partial charge in [-0.1, -0.05) is 36.4 Å². The molecule has 0 spiro atoms. The molecule has 31 heavy (non-hydrogen) atoms. The van der Waals surface area contributed by atoms with Gasteiger partial charge >= 0.3 is 0 Å². The molecule has 7 heteroatoms. The number of para-hydroxylation sites is 1. The molecule has 2 heterocycles. The van der Waals surface area contributed by atoms with Crippen LogP contribution in [-0.2, 0) is 6.61 Å². The third kappa shape index (κ3) is 3.46. The fourth-order valence-corrected chi connectivity index (χ4v) is 3.56. The zero-order valence-electron chi connectivity index (χ0n) is 16.6. The molecule has 0 atom stereocenters. The first kappa shape index (κ1) is 18.7. The number of rotatable bonds is 4. The van der Waals surface area contributed by atoms with E-state index in [0.29, 0.717) is 33.0 Å². The Labute approximate surface area is 176 Å². The van der Waals surface area contributed by atoms with Gasteiger partial charge in [0.25, 0.3) is 11.4 Å². The summed E-state index contributed by atoms with van der Waals surface area (Å²) in [6, 6.07) is 19.6. The van der Waals surface area contributed by atoms with Gasteiger partial charge in [-0.25, -0.2) is 0 Å². The summed E-state index contributed by atoms with van der Waals surface area (Å²) < 4.78 is 11.4. The number of hydrogen-bond donors (Lipinski definition) is 1. The van der Waals surface area contributed by atoms with Crippen LogP contribution in [0.25, 0.3) is 33.1 Å². The van der Waals surface area contributed by atoms with Gasteiger partial charge in [0.05, 0.1) is 16.5 Å². The maximum absolute atomic E-state index is 13.2. The van der Waals surface area contributed by atoms with Crippen LogP contribution in [-0.4, -0.2) is 15.2 Å². The quantitative estimate of drug-likeness (QED) is 0.480. The number of aromatic nitrogens is 3. The molecule has 3 aromatic carbocycles.